The quantitative estimate of drug-likeness (QED) is 0.799. The fourth-order valence-electron chi connectivity index (χ4n) is 1.86. The second kappa shape index (κ2) is 4.15. The fourth-order valence-corrected chi connectivity index (χ4v) is 1.86. The maximum Gasteiger partial charge on any atom is 0.425 e. The Balaban J connectivity index is 2.55. The number of ether oxygens (including phenoxy) is 1. The van der Waals surface area contributed by atoms with E-state index in [4.69, 9.17) is 4.74 Å². The summed E-state index contributed by atoms with van der Waals surface area (Å²) in [7, 11) is 1.36. The molecule has 0 aromatic heterocycles. The lowest BCUT2D eigenvalue weighted by molar-refractivity contribution is -0.195. The number of urea groups is 1. The third kappa shape index (κ3) is 1.88. The molecule has 0 radical (unpaired) electrons. The average Bonchev–Trinajstić information content (AvgIpc) is 2.65. The summed E-state index contributed by atoms with van der Waals surface area (Å²) >= 11 is 0. The van der Waals surface area contributed by atoms with E-state index in [9.17, 15) is 22.8 Å². The van der Waals surface area contributed by atoms with Crippen LogP contribution in [0.15, 0.2) is 24.3 Å². The van der Waals surface area contributed by atoms with Crippen molar-refractivity contribution in [2.75, 3.05) is 7.11 Å². The van der Waals surface area contributed by atoms with E-state index in [0.29, 0.717) is 5.75 Å². The van der Waals surface area contributed by atoms with Crippen LogP contribution in [-0.2, 0) is 10.3 Å². The minimum Gasteiger partial charge on any atom is -0.497 e. The Bertz CT molecular complexity index is 527. The van der Waals surface area contributed by atoms with E-state index >= 15 is 0 Å². The van der Waals surface area contributed by atoms with Crippen LogP contribution >= 0.6 is 0 Å². The lowest BCUT2D eigenvalue weighted by Crippen LogP contribution is -2.55. The van der Waals surface area contributed by atoms with Crippen molar-refractivity contribution in [1.29, 1.82) is 0 Å². The van der Waals surface area contributed by atoms with Gasteiger partial charge < -0.3 is 10.1 Å². The topological polar surface area (TPSA) is 67.4 Å². The highest BCUT2D eigenvalue weighted by molar-refractivity contribution is 6.08. The summed E-state index contributed by atoms with van der Waals surface area (Å²) in [6, 6.07) is 3.54. The van der Waals surface area contributed by atoms with E-state index in [1.807, 2.05) is 0 Å². The minimum atomic E-state index is -4.96. The number of halogens is 3. The van der Waals surface area contributed by atoms with Crippen LogP contribution in [0, 0.1) is 0 Å². The van der Waals surface area contributed by atoms with E-state index in [2.05, 4.69) is 0 Å². The summed E-state index contributed by atoms with van der Waals surface area (Å²) in [5, 5.41) is 3.25. The summed E-state index contributed by atoms with van der Waals surface area (Å²) in [5.74, 6) is -1.11. The monoisotopic (exact) mass is 274 g/mol. The number of alkyl halides is 3. The van der Waals surface area contributed by atoms with Crippen molar-refractivity contribution in [3.63, 3.8) is 0 Å². The van der Waals surface area contributed by atoms with Crippen molar-refractivity contribution in [1.82, 2.24) is 10.6 Å². The predicted octanol–water partition coefficient (Wildman–Crippen LogP) is 1.29. The minimum absolute atomic E-state index is 0.339. The standard InChI is InChI=1S/C11H9F3N2O3/c1-19-7-4-2-6(3-5-7)10(11(12,13)14)8(17)15-9(18)16-10/h2-5H,1H3,(H2,15,16,17,18). The van der Waals surface area contributed by atoms with E-state index < -0.39 is 23.7 Å². The zero-order chi connectivity index (χ0) is 14.3. The number of benzene rings is 1. The van der Waals surface area contributed by atoms with Gasteiger partial charge in [-0.25, -0.2) is 4.79 Å². The summed E-state index contributed by atoms with van der Waals surface area (Å²) < 4.78 is 44.4. The van der Waals surface area contributed by atoms with Crippen LogP contribution in [0.1, 0.15) is 5.56 Å². The maximum absolute atomic E-state index is 13.2. The second-order valence-corrected chi connectivity index (χ2v) is 3.88. The van der Waals surface area contributed by atoms with Crippen LogP contribution in [0.5, 0.6) is 5.75 Å². The first kappa shape index (κ1) is 13.2. The third-order valence-electron chi connectivity index (χ3n) is 2.82. The molecule has 1 fully saturated rings. The summed E-state index contributed by atoms with van der Waals surface area (Å²) in [5.41, 5.74) is -3.44. The Kier molecular flexibility index (Phi) is 2.88. The smallest absolute Gasteiger partial charge is 0.425 e. The Morgan fingerprint density at radius 3 is 2.11 bits per heavy atom. The largest absolute Gasteiger partial charge is 0.497 e. The molecule has 0 bridgehead atoms. The van der Waals surface area contributed by atoms with Crippen molar-refractivity contribution < 1.29 is 27.5 Å². The molecule has 2 rings (SSSR count). The first-order chi connectivity index (χ1) is 8.81. The van der Waals surface area contributed by atoms with Gasteiger partial charge in [0.25, 0.3) is 5.91 Å². The molecule has 1 aromatic carbocycles. The first-order valence-corrected chi connectivity index (χ1v) is 5.16. The molecule has 1 aliphatic rings. The molecule has 1 saturated heterocycles. The molecular weight excluding hydrogens is 265 g/mol. The summed E-state index contributed by atoms with van der Waals surface area (Å²) in [6.45, 7) is 0. The highest BCUT2D eigenvalue weighted by atomic mass is 19.4. The van der Waals surface area contributed by atoms with Crippen molar-refractivity contribution in [3.05, 3.63) is 29.8 Å². The predicted molar refractivity (Wildman–Crippen MR) is 57.4 cm³/mol. The van der Waals surface area contributed by atoms with Crippen LogP contribution in [0.2, 0.25) is 0 Å². The highest BCUT2D eigenvalue weighted by Crippen LogP contribution is 2.41. The Morgan fingerprint density at radius 1 is 1.16 bits per heavy atom. The van der Waals surface area contributed by atoms with Crippen molar-refractivity contribution in [3.8, 4) is 5.75 Å². The molecule has 8 heteroatoms. The maximum atomic E-state index is 13.2. The number of imide groups is 1. The van der Waals surface area contributed by atoms with Gasteiger partial charge in [-0.15, -0.1) is 0 Å². The van der Waals surface area contributed by atoms with Crippen LogP contribution in [0.3, 0.4) is 0 Å². The molecule has 2 N–H and O–H groups in total. The van der Waals surface area contributed by atoms with E-state index in [0.717, 1.165) is 12.1 Å². The van der Waals surface area contributed by atoms with E-state index in [1.54, 1.807) is 10.6 Å². The number of methoxy groups -OCH3 is 1. The molecule has 0 saturated carbocycles. The van der Waals surface area contributed by atoms with Gasteiger partial charge in [0.1, 0.15) is 5.75 Å². The van der Waals surface area contributed by atoms with Gasteiger partial charge in [-0.1, -0.05) is 12.1 Å². The number of amides is 3. The van der Waals surface area contributed by atoms with Gasteiger partial charge in [0.15, 0.2) is 0 Å². The third-order valence-corrected chi connectivity index (χ3v) is 2.82. The van der Waals surface area contributed by atoms with Gasteiger partial charge in [-0.05, 0) is 17.7 Å². The highest BCUT2D eigenvalue weighted by Gasteiger charge is 2.66. The van der Waals surface area contributed by atoms with Crippen LogP contribution in [-0.4, -0.2) is 25.2 Å². The molecule has 5 nitrogen and oxygen atoms in total. The SMILES string of the molecule is COc1ccc(C2(C(F)(F)F)NC(=O)NC2=O)cc1. The first-order valence-electron chi connectivity index (χ1n) is 5.16. The Labute approximate surface area is 105 Å². The van der Waals surface area contributed by atoms with Crippen molar-refractivity contribution in [2.24, 2.45) is 0 Å². The molecule has 1 atom stereocenters. The molecule has 1 aliphatic heterocycles. The second-order valence-electron chi connectivity index (χ2n) is 3.88. The molecule has 0 spiro atoms. The van der Waals surface area contributed by atoms with Gasteiger partial charge >= 0.3 is 12.2 Å². The number of rotatable bonds is 2. The number of carbonyl (C=O) groups is 2. The van der Waals surface area contributed by atoms with Crippen LogP contribution in [0.4, 0.5) is 18.0 Å². The summed E-state index contributed by atoms with van der Waals surface area (Å²) in [6.07, 6.45) is -4.96. The normalized spacial score (nSPS) is 22.9. The molecule has 1 aromatic rings. The van der Waals surface area contributed by atoms with Crippen molar-refractivity contribution in [2.45, 2.75) is 11.7 Å². The van der Waals surface area contributed by atoms with Gasteiger partial charge in [0, 0.05) is 0 Å². The Hall–Kier alpha value is -2.25. The van der Waals surface area contributed by atoms with E-state index in [1.165, 1.54) is 19.2 Å². The van der Waals surface area contributed by atoms with Crippen LogP contribution in [0.25, 0.3) is 0 Å². The van der Waals surface area contributed by atoms with Gasteiger partial charge in [0.2, 0.25) is 5.54 Å². The molecule has 1 heterocycles. The van der Waals surface area contributed by atoms with Crippen molar-refractivity contribution >= 4 is 11.9 Å². The summed E-state index contributed by atoms with van der Waals surface area (Å²) in [4.78, 5) is 22.6. The number of nitrogens with one attached hydrogen (secondary N) is 2. The molecule has 3 amide bonds. The van der Waals surface area contributed by atoms with Gasteiger partial charge in [-0.3, -0.25) is 10.1 Å². The number of hydrogen-bond acceptors (Lipinski definition) is 3. The van der Waals surface area contributed by atoms with Gasteiger partial charge in [-0.2, -0.15) is 13.2 Å². The van der Waals surface area contributed by atoms with Gasteiger partial charge in [0.05, 0.1) is 7.11 Å². The lowest BCUT2D eigenvalue weighted by atomic mass is 9.89. The fraction of sp³-hybridized carbons (Fsp3) is 0.273. The van der Waals surface area contributed by atoms with Crippen LogP contribution < -0.4 is 15.4 Å². The molecule has 102 valence electrons. The lowest BCUT2D eigenvalue weighted by Gasteiger charge is -2.28. The number of carbonyl (C=O) groups excluding carboxylic acids is 2. The molecule has 19 heavy (non-hydrogen) atoms. The Morgan fingerprint density at radius 2 is 1.74 bits per heavy atom. The molecule has 0 aliphatic carbocycles. The zero-order valence-corrected chi connectivity index (χ0v) is 9.67. The zero-order valence-electron chi connectivity index (χ0n) is 9.67. The molecule has 1 unspecified atom stereocenters. The van der Waals surface area contributed by atoms with E-state index in [-0.39, 0.29) is 5.56 Å². The number of hydrogen-bond donors (Lipinski definition) is 2. The molecular formula is C11H9F3N2O3. The average molecular weight is 274 g/mol.